The highest BCUT2D eigenvalue weighted by Gasteiger charge is 2.13. The summed E-state index contributed by atoms with van der Waals surface area (Å²) in [7, 11) is 0. The van der Waals surface area contributed by atoms with Crippen LogP contribution >= 0.6 is 0 Å². The Hall–Kier alpha value is -5.38. The lowest BCUT2D eigenvalue weighted by Crippen LogP contribution is -2.05. The lowest BCUT2D eigenvalue weighted by Gasteiger charge is -2.11. The first-order valence-corrected chi connectivity index (χ1v) is 12.0. The second-order valence-corrected chi connectivity index (χ2v) is 8.58. The zero-order chi connectivity index (χ0) is 28.8. The maximum Gasteiger partial charge on any atom is 0.308 e. The zero-order valence-electron chi connectivity index (χ0n) is 22.1. The van der Waals surface area contributed by atoms with Gasteiger partial charge in [-0.25, -0.2) is 0 Å². The molecule has 0 amide bonds. The fourth-order valence-electron chi connectivity index (χ4n) is 4.00. The smallest absolute Gasteiger partial charge is 0.308 e. The number of fused-ring (bicyclic) bond motifs is 2. The van der Waals surface area contributed by atoms with Gasteiger partial charge in [-0.3, -0.25) is 19.2 Å². The van der Waals surface area contributed by atoms with Gasteiger partial charge in [0.25, 0.3) is 0 Å². The lowest BCUT2D eigenvalue weighted by atomic mass is 10.0. The van der Waals surface area contributed by atoms with E-state index in [0.29, 0.717) is 33.4 Å². The lowest BCUT2D eigenvalue weighted by molar-refractivity contribution is -0.132. The van der Waals surface area contributed by atoms with E-state index in [4.69, 9.17) is 18.9 Å². The van der Waals surface area contributed by atoms with E-state index in [9.17, 15) is 19.2 Å². The first-order valence-electron chi connectivity index (χ1n) is 12.0. The number of rotatable bonds is 7. The number of esters is 4. The van der Waals surface area contributed by atoms with E-state index in [1.807, 2.05) is 0 Å². The summed E-state index contributed by atoms with van der Waals surface area (Å²) in [5, 5.41) is 11.1. The maximum atomic E-state index is 11.7. The second kappa shape index (κ2) is 12.0. The van der Waals surface area contributed by atoms with E-state index in [1.165, 1.54) is 40.1 Å². The molecule has 0 unspecified atom stereocenters. The maximum absolute atomic E-state index is 11.7. The van der Waals surface area contributed by atoms with Crippen molar-refractivity contribution in [1.29, 1.82) is 0 Å². The van der Waals surface area contributed by atoms with E-state index >= 15 is 0 Å². The molecule has 0 aliphatic rings. The van der Waals surface area contributed by atoms with E-state index in [2.05, 4.69) is 10.2 Å². The van der Waals surface area contributed by atoms with Gasteiger partial charge in [0.15, 0.2) is 0 Å². The van der Waals surface area contributed by atoms with Gasteiger partial charge in [0.2, 0.25) is 0 Å². The molecule has 10 heteroatoms. The zero-order valence-corrected chi connectivity index (χ0v) is 22.1. The Bertz CT molecular complexity index is 1580. The van der Waals surface area contributed by atoms with Crippen LogP contribution in [-0.2, 0) is 19.2 Å². The number of nitrogens with zero attached hydrogens (tertiary/aromatic N) is 2. The van der Waals surface area contributed by atoms with Gasteiger partial charge in [-0.1, -0.05) is 24.3 Å². The van der Waals surface area contributed by atoms with Crippen molar-refractivity contribution in [3.8, 4) is 23.0 Å². The summed E-state index contributed by atoms with van der Waals surface area (Å²) in [6.45, 7) is 5.14. The molecule has 0 N–H and O–H groups in total. The molecular formula is C30H24N2O8. The number of carbonyl (C=O) groups is 4. The van der Waals surface area contributed by atoms with Crippen LogP contribution in [-0.4, -0.2) is 36.3 Å². The summed E-state index contributed by atoms with van der Waals surface area (Å²) >= 11 is 0. The van der Waals surface area contributed by atoms with Gasteiger partial charge in [0, 0.05) is 38.8 Å². The van der Waals surface area contributed by atoms with E-state index < -0.39 is 23.9 Å². The van der Waals surface area contributed by atoms with Crippen molar-refractivity contribution in [2.45, 2.75) is 27.7 Å². The summed E-state index contributed by atoms with van der Waals surface area (Å²) in [5.74, 6) is -0.937. The van der Waals surface area contributed by atoms with Crippen molar-refractivity contribution >= 4 is 57.9 Å². The topological polar surface area (TPSA) is 130 Å². The Morgan fingerprint density at radius 2 is 0.875 bits per heavy atom. The third kappa shape index (κ3) is 6.73. The molecule has 40 heavy (non-hydrogen) atoms. The van der Waals surface area contributed by atoms with E-state index in [1.54, 1.807) is 60.7 Å². The predicted molar refractivity (Wildman–Crippen MR) is 148 cm³/mol. The second-order valence-electron chi connectivity index (χ2n) is 8.58. The predicted octanol–water partition coefficient (Wildman–Crippen LogP) is 5.15. The first-order chi connectivity index (χ1) is 19.1. The quantitative estimate of drug-likeness (QED) is 0.136. The minimum atomic E-state index is -0.529. The average molecular weight is 541 g/mol. The summed E-state index contributed by atoms with van der Waals surface area (Å²) in [6, 6.07) is 16.8. The van der Waals surface area contributed by atoms with Crippen LogP contribution in [0.1, 0.15) is 38.8 Å². The Kier molecular flexibility index (Phi) is 8.29. The summed E-state index contributed by atoms with van der Waals surface area (Å²) in [6.07, 6.45) is 2.80. The Labute approximate surface area is 228 Å². The molecule has 0 saturated heterocycles. The van der Waals surface area contributed by atoms with Crippen LogP contribution in [0.15, 0.2) is 70.9 Å². The van der Waals surface area contributed by atoms with Gasteiger partial charge in [0.05, 0.1) is 12.4 Å². The molecule has 0 heterocycles. The van der Waals surface area contributed by atoms with Crippen molar-refractivity contribution in [3.05, 3.63) is 71.8 Å². The third-order valence-corrected chi connectivity index (χ3v) is 5.46. The highest BCUT2D eigenvalue weighted by atomic mass is 16.5. The molecule has 0 saturated carbocycles. The van der Waals surface area contributed by atoms with Gasteiger partial charge in [-0.05, 0) is 57.9 Å². The molecule has 0 aliphatic heterocycles. The van der Waals surface area contributed by atoms with Gasteiger partial charge in [-0.2, -0.15) is 10.2 Å². The molecule has 0 atom stereocenters. The van der Waals surface area contributed by atoms with Crippen molar-refractivity contribution in [1.82, 2.24) is 0 Å². The van der Waals surface area contributed by atoms with Crippen LogP contribution in [0.4, 0.5) is 0 Å². The van der Waals surface area contributed by atoms with E-state index in [0.717, 1.165) is 10.8 Å². The molecule has 202 valence electrons. The van der Waals surface area contributed by atoms with Crippen molar-refractivity contribution in [3.63, 3.8) is 0 Å². The first kappa shape index (κ1) is 27.6. The van der Waals surface area contributed by atoms with Gasteiger partial charge >= 0.3 is 23.9 Å². The normalized spacial score (nSPS) is 11.2. The minimum absolute atomic E-state index is 0.232. The monoisotopic (exact) mass is 540 g/mol. The van der Waals surface area contributed by atoms with Gasteiger partial charge in [0.1, 0.15) is 23.0 Å². The highest BCUT2D eigenvalue weighted by Crippen LogP contribution is 2.32. The standard InChI is InChI=1S/C30H24N2O8/c1-17(33)37-23-9-5-21-7-11-29(39-19(3)35)27(25(21)13-23)15-31-32-16-28-26-14-24(38-18(2)34)10-6-22(26)8-12-30(28)40-20(4)36/h5-16H,1-4H3. The number of benzene rings is 4. The fourth-order valence-corrected chi connectivity index (χ4v) is 4.00. The molecule has 10 nitrogen and oxygen atoms in total. The van der Waals surface area contributed by atoms with Crippen LogP contribution < -0.4 is 18.9 Å². The fraction of sp³-hybridized carbons (Fsp3) is 0.133. The van der Waals surface area contributed by atoms with Crippen molar-refractivity contribution in [2.75, 3.05) is 0 Å². The van der Waals surface area contributed by atoms with Crippen molar-refractivity contribution < 1.29 is 38.1 Å². The molecule has 4 aromatic rings. The van der Waals surface area contributed by atoms with Gasteiger partial charge in [-0.15, -0.1) is 0 Å². The number of ether oxygens (including phenoxy) is 4. The molecule has 0 aliphatic carbocycles. The van der Waals surface area contributed by atoms with Crippen LogP contribution in [0.2, 0.25) is 0 Å². The van der Waals surface area contributed by atoms with Crippen LogP contribution in [0.25, 0.3) is 21.5 Å². The molecule has 0 aromatic heterocycles. The summed E-state index contributed by atoms with van der Waals surface area (Å²) in [4.78, 5) is 46.4. The largest absolute Gasteiger partial charge is 0.427 e. The molecule has 0 fully saturated rings. The SMILES string of the molecule is CC(=O)Oc1ccc2ccc(OC(C)=O)c(C=NN=Cc3c(OC(C)=O)ccc4ccc(OC(C)=O)cc34)c2c1. The molecule has 4 rings (SSSR count). The molecule has 0 spiro atoms. The Balaban J connectivity index is 1.80. The highest BCUT2D eigenvalue weighted by molar-refractivity contribution is 6.05. The summed E-state index contributed by atoms with van der Waals surface area (Å²) in [5.41, 5.74) is 0.850. The number of carbonyl (C=O) groups excluding carboxylic acids is 4. The molecule has 0 radical (unpaired) electrons. The number of hydrogen-bond acceptors (Lipinski definition) is 10. The third-order valence-electron chi connectivity index (χ3n) is 5.46. The Morgan fingerprint density at radius 3 is 1.23 bits per heavy atom. The van der Waals surface area contributed by atoms with Crippen molar-refractivity contribution in [2.24, 2.45) is 10.2 Å². The minimum Gasteiger partial charge on any atom is -0.427 e. The van der Waals surface area contributed by atoms with E-state index in [-0.39, 0.29) is 11.5 Å². The van der Waals surface area contributed by atoms with Crippen LogP contribution in [0, 0.1) is 0 Å². The Morgan fingerprint density at radius 1 is 0.525 bits per heavy atom. The molecule has 0 bridgehead atoms. The van der Waals surface area contributed by atoms with Gasteiger partial charge < -0.3 is 18.9 Å². The molecular weight excluding hydrogens is 516 g/mol. The average Bonchev–Trinajstić information content (AvgIpc) is 2.87. The summed E-state index contributed by atoms with van der Waals surface area (Å²) < 4.78 is 21.1. The van der Waals surface area contributed by atoms with Crippen LogP contribution in [0.3, 0.4) is 0 Å². The van der Waals surface area contributed by atoms with Crippen LogP contribution in [0.5, 0.6) is 23.0 Å². The molecule has 4 aromatic carbocycles. The number of hydrogen-bond donors (Lipinski definition) is 0.